The van der Waals surface area contributed by atoms with Gasteiger partial charge in [-0.3, -0.25) is 4.79 Å². The number of carbonyl (C=O) groups excluding carboxylic acids is 1. The Hall–Kier alpha value is -2.56. The van der Waals surface area contributed by atoms with Gasteiger partial charge >= 0.3 is 0 Å². The van der Waals surface area contributed by atoms with E-state index in [0.717, 1.165) is 6.07 Å². The van der Waals surface area contributed by atoms with Gasteiger partial charge in [-0.15, -0.1) is 0 Å². The van der Waals surface area contributed by atoms with Gasteiger partial charge in [0.25, 0.3) is 0 Å². The first-order valence-electron chi connectivity index (χ1n) is 5.42. The Labute approximate surface area is 108 Å². The summed E-state index contributed by atoms with van der Waals surface area (Å²) in [6, 6.07) is 6.44. The second-order valence-corrected chi connectivity index (χ2v) is 3.90. The third-order valence-corrected chi connectivity index (χ3v) is 2.71. The number of hydrogen-bond acceptors (Lipinski definition) is 4. The smallest absolute Gasteiger partial charge is 0.168 e. The molecule has 0 spiro atoms. The molecule has 0 amide bonds. The molecule has 4 nitrogen and oxygen atoms in total. The third kappa shape index (κ3) is 2.35. The van der Waals surface area contributed by atoms with Gasteiger partial charge in [0.2, 0.25) is 0 Å². The van der Waals surface area contributed by atoms with Gasteiger partial charge < -0.3 is 14.9 Å². The van der Waals surface area contributed by atoms with Crippen LogP contribution in [0.15, 0.2) is 30.3 Å². The largest absolute Gasteiger partial charge is 0.508 e. The maximum absolute atomic E-state index is 13.8. The quantitative estimate of drug-likeness (QED) is 0.834. The molecule has 2 aromatic rings. The van der Waals surface area contributed by atoms with E-state index in [1.807, 2.05) is 0 Å². The molecule has 0 saturated heterocycles. The predicted octanol–water partition coefficient (Wildman–Crippen LogP) is 2.73. The molecule has 0 saturated carbocycles. The predicted molar refractivity (Wildman–Crippen MR) is 67.1 cm³/mol. The highest BCUT2D eigenvalue weighted by atomic mass is 19.1. The average Bonchev–Trinajstić information content (AvgIpc) is 2.39. The Balaban J connectivity index is 2.65. The fourth-order valence-corrected chi connectivity index (χ4v) is 1.77. The lowest BCUT2D eigenvalue weighted by atomic mass is 10.0. The van der Waals surface area contributed by atoms with Crippen LogP contribution in [0.2, 0.25) is 0 Å². The number of phenolic OH excluding ortho intramolecular Hbond substituents is 2. The van der Waals surface area contributed by atoms with E-state index in [2.05, 4.69) is 0 Å². The number of hydrogen-bond donors (Lipinski definition) is 2. The maximum Gasteiger partial charge on any atom is 0.168 e. The van der Waals surface area contributed by atoms with Crippen molar-refractivity contribution in [3.05, 3.63) is 41.7 Å². The van der Waals surface area contributed by atoms with Crippen LogP contribution < -0.4 is 4.74 Å². The van der Waals surface area contributed by atoms with Gasteiger partial charge in [-0.1, -0.05) is 0 Å². The monoisotopic (exact) mass is 262 g/mol. The second-order valence-electron chi connectivity index (χ2n) is 3.90. The Morgan fingerprint density at radius 3 is 2.53 bits per heavy atom. The number of rotatable bonds is 3. The average molecular weight is 262 g/mol. The molecular formula is C14H11FO4. The summed E-state index contributed by atoms with van der Waals surface area (Å²) in [5, 5.41) is 18.9. The lowest BCUT2D eigenvalue weighted by Crippen LogP contribution is -1.92. The SMILES string of the molecule is COc1cc(-c2ccc(O)cc2F)cc(C=O)c1O. The lowest BCUT2D eigenvalue weighted by molar-refractivity contribution is 0.112. The minimum absolute atomic E-state index is 0.00169. The first-order valence-corrected chi connectivity index (χ1v) is 5.42. The van der Waals surface area contributed by atoms with Crippen molar-refractivity contribution in [2.24, 2.45) is 0 Å². The molecule has 0 bridgehead atoms. The highest BCUT2D eigenvalue weighted by molar-refractivity contribution is 5.85. The number of ether oxygens (including phenoxy) is 1. The molecule has 0 aromatic heterocycles. The van der Waals surface area contributed by atoms with Crippen LogP contribution in [0.1, 0.15) is 10.4 Å². The molecule has 2 rings (SSSR count). The van der Waals surface area contributed by atoms with Crippen molar-refractivity contribution >= 4 is 6.29 Å². The maximum atomic E-state index is 13.8. The summed E-state index contributed by atoms with van der Waals surface area (Å²) in [5.41, 5.74) is 0.565. The first kappa shape index (κ1) is 12.9. The van der Waals surface area contributed by atoms with E-state index >= 15 is 0 Å². The summed E-state index contributed by atoms with van der Waals surface area (Å²) in [6.45, 7) is 0. The first-order chi connectivity index (χ1) is 9.06. The van der Waals surface area contributed by atoms with Gasteiger partial charge in [0, 0.05) is 11.6 Å². The van der Waals surface area contributed by atoms with Crippen LogP contribution in [0.3, 0.4) is 0 Å². The summed E-state index contributed by atoms with van der Waals surface area (Å²) >= 11 is 0. The normalized spacial score (nSPS) is 10.2. The van der Waals surface area contributed by atoms with Crippen molar-refractivity contribution in [1.29, 1.82) is 0 Å². The Kier molecular flexibility index (Phi) is 3.37. The highest BCUT2D eigenvalue weighted by Gasteiger charge is 2.13. The zero-order valence-corrected chi connectivity index (χ0v) is 10.1. The zero-order chi connectivity index (χ0) is 14.0. The van der Waals surface area contributed by atoms with Crippen LogP contribution in [-0.2, 0) is 0 Å². The molecule has 0 fully saturated rings. The summed E-state index contributed by atoms with van der Waals surface area (Å²) in [5.74, 6) is -1.04. The number of aldehydes is 1. The van der Waals surface area contributed by atoms with Gasteiger partial charge in [-0.25, -0.2) is 4.39 Å². The van der Waals surface area contributed by atoms with Gasteiger partial charge in [0.05, 0.1) is 12.7 Å². The standard InChI is InChI=1S/C14H11FO4/c1-19-13-5-8(4-9(7-16)14(13)18)11-3-2-10(17)6-12(11)15/h2-7,17-18H,1H3. The molecule has 98 valence electrons. The molecule has 0 radical (unpaired) electrons. The summed E-state index contributed by atoms with van der Waals surface area (Å²) in [4.78, 5) is 10.9. The molecule has 19 heavy (non-hydrogen) atoms. The number of methoxy groups -OCH3 is 1. The molecule has 0 unspecified atom stereocenters. The van der Waals surface area contributed by atoms with Crippen LogP contribution in [0, 0.1) is 5.82 Å². The fraction of sp³-hybridized carbons (Fsp3) is 0.0714. The van der Waals surface area contributed by atoms with E-state index in [9.17, 15) is 14.3 Å². The molecule has 0 heterocycles. The van der Waals surface area contributed by atoms with E-state index in [0.29, 0.717) is 11.8 Å². The van der Waals surface area contributed by atoms with Crippen LogP contribution in [0.5, 0.6) is 17.2 Å². The molecule has 2 aromatic carbocycles. The van der Waals surface area contributed by atoms with Crippen LogP contribution in [0.4, 0.5) is 4.39 Å². The minimum Gasteiger partial charge on any atom is -0.508 e. The molecule has 0 aliphatic heterocycles. The van der Waals surface area contributed by atoms with Crippen molar-refractivity contribution in [2.45, 2.75) is 0 Å². The summed E-state index contributed by atoms with van der Waals surface area (Å²) < 4.78 is 18.7. The van der Waals surface area contributed by atoms with Gasteiger partial charge in [-0.05, 0) is 29.8 Å². The second kappa shape index (κ2) is 4.97. The van der Waals surface area contributed by atoms with E-state index in [1.54, 1.807) is 0 Å². The van der Waals surface area contributed by atoms with Gasteiger partial charge in [0.1, 0.15) is 11.6 Å². The van der Waals surface area contributed by atoms with Gasteiger partial charge in [0.15, 0.2) is 17.8 Å². The number of phenols is 2. The summed E-state index contributed by atoms with van der Waals surface area (Å²) in [6.07, 6.45) is 0.458. The zero-order valence-electron chi connectivity index (χ0n) is 10.1. The van der Waals surface area contributed by atoms with Gasteiger partial charge in [-0.2, -0.15) is 0 Å². The minimum atomic E-state index is -0.635. The van der Waals surface area contributed by atoms with E-state index < -0.39 is 5.82 Å². The van der Waals surface area contributed by atoms with E-state index in [1.165, 1.54) is 31.4 Å². The van der Waals surface area contributed by atoms with Crippen molar-refractivity contribution in [3.63, 3.8) is 0 Å². The summed E-state index contributed by atoms with van der Waals surface area (Å²) in [7, 11) is 1.33. The van der Waals surface area contributed by atoms with Crippen molar-refractivity contribution in [2.75, 3.05) is 7.11 Å². The third-order valence-electron chi connectivity index (χ3n) is 2.71. The van der Waals surface area contributed by atoms with Crippen molar-refractivity contribution in [3.8, 4) is 28.4 Å². The number of carbonyl (C=O) groups is 1. The molecule has 5 heteroatoms. The van der Waals surface area contributed by atoms with E-state index in [-0.39, 0.29) is 28.4 Å². The number of aromatic hydroxyl groups is 2. The molecule has 0 atom stereocenters. The Morgan fingerprint density at radius 2 is 1.95 bits per heavy atom. The highest BCUT2D eigenvalue weighted by Crippen LogP contribution is 2.36. The number of halogens is 1. The van der Waals surface area contributed by atoms with Crippen LogP contribution >= 0.6 is 0 Å². The fourth-order valence-electron chi connectivity index (χ4n) is 1.77. The van der Waals surface area contributed by atoms with Crippen molar-refractivity contribution < 1.29 is 24.1 Å². The molecule has 0 aliphatic carbocycles. The molecule has 0 aliphatic rings. The lowest BCUT2D eigenvalue weighted by Gasteiger charge is -2.10. The van der Waals surface area contributed by atoms with Crippen molar-refractivity contribution in [1.82, 2.24) is 0 Å². The Bertz CT molecular complexity index is 638. The topological polar surface area (TPSA) is 66.8 Å². The van der Waals surface area contributed by atoms with Crippen LogP contribution in [0.25, 0.3) is 11.1 Å². The number of benzene rings is 2. The van der Waals surface area contributed by atoms with E-state index in [4.69, 9.17) is 9.84 Å². The van der Waals surface area contributed by atoms with Crippen LogP contribution in [-0.4, -0.2) is 23.6 Å². The molecule has 2 N–H and O–H groups in total. The molecular weight excluding hydrogens is 251 g/mol. The Morgan fingerprint density at radius 1 is 1.21 bits per heavy atom.